The molecule has 0 saturated carbocycles. The standard InChI is InChI=1S/C9H14Br2ClN3O2S/c1-3-9(5-10,6-11)14-18(16,17)8-7(12)4-13-15(8)2/h4,14H,3,5-6H2,1-2H3. The minimum atomic E-state index is -3.71. The van der Waals surface area contributed by atoms with Crippen molar-refractivity contribution >= 4 is 53.5 Å². The summed E-state index contributed by atoms with van der Waals surface area (Å²) in [6, 6.07) is 0. The van der Waals surface area contributed by atoms with Gasteiger partial charge in [0.1, 0.15) is 0 Å². The number of nitrogens with one attached hydrogen (secondary N) is 1. The van der Waals surface area contributed by atoms with Crippen LogP contribution in [-0.4, -0.2) is 34.4 Å². The Morgan fingerprint density at radius 1 is 1.50 bits per heavy atom. The molecule has 5 nitrogen and oxygen atoms in total. The third-order valence-electron chi connectivity index (χ3n) is 2.64. The zero-order valence-electron chi connectivity index (χ0n) is 9.95. The van der Waals surface area contributed by atoms with Gasteiger partial charge in [0.25, 0.3) is 10.0 Å². The first-order chi connectivity index (χ1) is 8.32. The van der Waals surface area contributed by atoms with E-state index in [1.54, 1.807) is 0 Å². The Hall–Kier alpha value is 0.370. The molecule has 0 unspecified atom stereocenters. The van der Waals surface area contributed by atoms with E-state index >= 15 is 0 Å². The molecule has 0 aliphatic carbocycles. The van der Waals surface area contributed by atoms with Gasteiger partial charge in [0, 0.05) is 17.7 Å². The number of aromatic nitrogens is 2. The van der Waals surface area contributed by atoms with Crippen LogP contribution < -0.4 is 4.72 Å². The van der Waals surface area contributed by atoms with Gasteiger partial charge in [0.2, 0.25) is 0 Å². The first-order valence-corrected chi connectivity index (χ1v) is 9.25. The van der Waals surface area contributed by atoms with Crippen molar-refractivity contribution in [2.75, 3.05) is 10.7 Å². The third kappa shape index (κ3) is 3.27. The Kier molecular flexibility index (Phi) is 5.67. The summed E-state index contributed by atoms with van der Waals surface area (Å²) in [5.74, 6) is 0. The van der Waals surface area contributed by atoms with E-state index in [4.69, 9.17) is 11.6 Å². The molecule has 0 aliphatic rings. The quantitative estimate of drug-likeness (QED) is 0.714. The van der Waals surface area contributed by atoms with Gasteiger partial charge < -0.3 is 0 Å². The van der Waals surface area contributed by atoms with Crippen molar-refractivity contribution in [1.29, 1.82) is 0 Å². The van der Waals surface area contributed by atoms with Crippen molar-refractivity contribution in [2.45, 2.75) is 23.9 Å². The van der Waals surface area contributed by atoms with Crippen LogP contribution in [-0.2, 0) is 17.1 Å². The summed E-state index contributed by atoms with van der Waals surface area (Å²) < 4.78 is 28.6. The molecule has 1 rings (SSSR count). The first kappa shape index (κ1) is 16.4. The van der Waals surface area contributed by atoms with Crippen molar-refractivity contribution in [3.05, 3.63) is 11.2 Å². The fourth-order valence-corrected chi connectivity index (χ4v) is 5.89. The second-order valence-corrected chi connectivity index (χ2v) is 7.05. The highest BCUT2D eigenvalue weighted by Gasteiger charge is 2.34. The maximum atomic E-state index is 12.3. The average Bonchev–Trinajstić information content (AvgIpc) is 2.67. The lowest BCUT2D eigenvalue weighted by molar-refractivity contribution is 0.455. The minimum Gasteiger partial charge on any atom is -0.255 e. The lowest BCUT2D eigenvalue weighted by Gasteiger charge is -2.29. The number of aryl methyl sites for hydroxylation is 1. The van der Waals surface area contributed by atoms with Gasteiger partial charge in [-0.2, -0.15) is 5.10 Å². The predicted molar refractivity (Wildman–Crippen MR) is 79.1 cm³/mol. The highest BCUT2D eigenvalue weighted by molar-refractivity contribution is 9.09. The Bertz CT molecular complexity index is 486. The second kappa shape index (κ2) is 6.21. The molecule has 1 N–H and O–H groups in total. The van der Waals surface area contributed by atoms with E-state index in [2.05, 4.69) is 41.7 Å². The fraction of sp³-hybridized carbons (Fsp3) is 0.667. The number of hydrogen-bond acceptors (Lipinski definition) is 3. The van der Waals surface area contributed by atoms with Gasteiger partial charge in [0.05, 0.1) is 16.8 Å². The molecule has 0 fully saturated rings. The van der Waals surface area contributed by atoms with Gasteiger partial charge in [-0.3, -0.25) is 4.68 Å². The van der Waals surface area contributed by atoms with Crippen molar-refractivity contribution < 1.29 is 8.42 Å². The van der Waals surface area contributed by atoms with E-state index in [0.29, 0.717) is 17.1 Å². The first-order valence-electron chi connectivity index (χ1n) is 5.15. The molecule has 0 saturated heterocycles. The normalized spacial score (nSPS) is 12.9. The third-order valence-corrected chi connectivity index (χ3v) is 6.87. The summed E-state index contributed by atoms with van der Waals surface area (Å²) >= 11 is 12.5. The molecule has 0 amide bonds. The molecular formula is C9H14Br2ClN3O2S. The van der Waals surface area contributed by atoms with Gasteiger partial charge >= 0.3 is 0 Å². The molecule has 0 radical (unpaired) electrons. The van der Waals surface area contributed by atoms with Crippen LogP contribution in [0.2, 0.25) is 5.02 Å². The predicted octanol–water partition coefficient (Wildman–Crippen LogP) is 2.29. The number of sulfonamides is 1. The van der Waals surface area contributed by atoms with Crippen molar-refractivity contribution in [2.24, 2.45) is 7.05 Å². The fourth-order valence-electron chi connectivity index (χ4n) is 1.39. The Morgan fingerprint density at radius 2 is 2.06 bits per heavy atom. The van der Waals surface area contributed by atoms with Crippen LogP contribution in [0.5, 0.6) is 0 Å². The molecule has 18 heavy (non-hydrogen) atoms. The molecule has 0 spiro atoms. The zero-order chi connectivity index (χ0) is 14.0. The van der Waals surface area contributed by atoms with E-state index in [-0.39, 0.29) is 10.0 Å². The lowest BCUT2D eigenvalue weighted by Crippen LogP contribution is -2.51. The van der Waals surface area contributed by atoms with E-state index < -0.39 is 15.6 Å². The van der Waals surface area contributed by atoms with Gasteiger partial charge in [-0.05, 0) is 6.42 Å². The number of alkyl halides is 2. The number of halogens is 3. The van der Waals surface area contributed by atoms with Crippen LogP contribution in [0.1, 0.15) is 13.3 Å². The average molecular weight is 424 g/mol. The minimum absolute atomic E-state index is 0.0242. The molecule has 1 aromatic rings. The van der Waals surface area contributed by atoms with Crippen LogP contribution in [0.25, 0.3) is 0 Å². The number of hydrogen-bond donors (Lipinski definition) is 1. The highest BCUT2D eigenvalue weighted by Crippen LogP contribution is 2.24. The monoisotopic (exact) mass is 421 g/mol. The maximum absolute atomic E-state index is 12.3. The summed E-state index contributed by atoms with van der Waals surface area (Å²) in [4.78, 5) is 0. The number of rotatable bonds is 6. The number of nitrogens with zero attached hydrogens (tertiary/aromatic N) is 2. The van der Waals surface area contributed by atoms with E-state index in [9.17, 15) is 8.42 Å². The Morgan fingerprint density at radius 3 is 2.39 bits per heavy atom. The molecule has 0 bridgehead atoms. The zero-order valence-corrected chi connectivity index (χ0v) is 14.7. The summed E-state index contributed by atoms with van der Waals surface area (Å²) in [6.45, 7) is 1.91. The summed E-state index contributed by atoms with van der Waals surface area (Å²) in [5.41, 5.74) is -0.591. The van der Waals surface area contributed by atoms with Crippen molar-refractivity contribution in [1.82, 2.24) is 14.5 Å². The molecular weight excluding hydrogens is 409 g/mol. The molecule has 1 aromatic heterocycles. The molecule has 0 atom stereocenters. The summed E-state index contributed by atoms with van der Waals surface area (Å²) in [7, 11) is -2.18. The largest absolute Gasteiger partial charge is 0.259 e. The van der Waals surface area contributed by atoms with E-state index in [1.165, 1.54) is 17.9 Å². The molecule has 9 heteroatoms. The van der Waals surface area contributed by atoms with E-state index in [0.717, 1.165) is 0 Å². The van der Waals surface area contributed by atoms with Gasteiger partial charge in [-0.25, -0.2) is 13.1 Å². The molecule has 0 aromatic carbocycles. The molecule has 1 heterocycles. The molecule has 104 valence electrons. The molecule has 0 aliphatic heterocycles. The smallest absolute Gasteiger partial charge is 0.255 e. The highest BCUT2D eigenvalue weighted by atomic mass is 79.9. The van der Waals surface area contributed by atoms with Gasteiger partial charge in [-0.1, -0.05) is 50.4 Å². The summed E-state index contributed by atoms with van der Waals surface area (Å²) in [6.07, 6.45) is 1.95. The second-order valence-electron chi connectivity index (χ2n) is 3.93. The van der Waals surface area contributed by atoms with Crippen molar-refractivity contribution in [3.63, 3.8) is 0 Å². The van der Waals surface area contributed by atoms with Crippen LogP contribution in [0, 0.1) is 0 Å². The van der Waals surface area contributed by atoms with Crippen LogP contribution in [0.3, 0.4) is 0 Å². The van der Waals surface area contributed by atoms with Crippen molar-refractivity contribution in [3.8, 4) is 0 Å². The van der Waals surface area contributed by atoms with Gasteiger partial charge in [0.15, 0.2) is 5.03 Å². The maximum Gasteiger partial charge on any atom is 0.259 e. The lowest BCUT2D eigenvalue weighted by atomic mass is 10.0. The SMILES string of the molecule is CCC(CBr)(CBr)NS(=O)(=O)c1c(Cl)cnn1C. The van der Waals surface area contributed by atoms with Crippen LogP contribution in [0.15, 0.2) is 11.2 Å². The Labute approximate surface area is 129 Å². The Balaban J connectivity index is 3.17. The summed E-state index contributed by atoms with van der Waals surface area (Å²) in [5, 5.41) is 4.91. The van der Waals surface area contributed by atoms with Gasteiger partial charge in [-0.15, -0.1) is 0 Å². The van der Waals surface area contributed by atoms with Crippen LogP contribution in [0.4, 0.5) is 0 Å². The van der Waals surface area contributed by atoms with Crippen LogP contribution >= 0.6 is 43.5 Å². The van der Waals surface area contributed by atoms with E-state index in [1.807, 2.05) is 6.92 Å². The topological polar surface area (TPSA) is 64.0 Å².